The highest BCUT2D eigenvalue weighted by Gasteiger charge is 2.09. The van der Waals surface area contributed by atoms with E-state index in [9.17, 15) is 0 Å². The number of ether oxygens (including phenoxy) is 1. The summed E-state index contributed by atoms with van der Waals surface area (Å²) in [7, 11) is 0. The van der Waals surface area contributed by atoms with Crippen LogP contribution in [0.2, 0.25) is 0 Å². The third-order valence-corrected chi connectivity index (χ3v) is 2.36. The molecule has 1 heteroatoms. The first-order valence-electron chi connectivity index (χ1n) is 4.80. The van der Waals surface area contributed by atoms with E-state index in [1.807, 2.05) is 6.92 Å². The Hall–Kier alpha value is -1.24. The largest absolute Gasteiger partial charge is 0.494 e. The topological polar surface area (TPSA) is 9.23 Å². The molecule has 1 aliphatic carbocycles. The predicted octanol–water partition coefficient (Wildman–Crippen LogP) is 2.74. The van der Waals surface area contributed by atoms with Crippen molar-refractivity contribution in [3.05, 3.63) is 41.5 Å². The van der Waals surface area contributed by atoms with Crippen LogP contribution in [0.5, 0.6) is 5.75 Å². The van der Waals surface area contributed by atoms with Crippen LogP contribution in [0.3, 0.4) is 0 Å². The lowest BCUT2D eigenvalue weighted by Gasteiger charge is -2.15. The lowest BCUT2D eigenvalue weighted by atomic mass is 9.96. The average molecular weight is 174 g/mol. The minimum absolute atomic E-state index is 0.750. The van der Waals surface area contributed by atoms with Gasteiger partial charge in [0.25, 0.3) is 0 Å². The monoisotopic (exact) mass is 174 g/mol. The van der Waals surface area contributed by atoms with E-state index in [4.69, 9.17) is 4.74 Å². The highest BCUT2D eigenvalue weighted by Crippen LogP contribution is 2.26. The van der Waals surface area contributed by atoms with Gasteiger partial charge >= 0.3 is 0 Å². The highest BCUT2D eigenvalue weighted by atomic mass is 16.5. The van der Waals surface area contributed by atoms with Crippen molar-refractivity contribution >= 4 is 0 Å². The van der Waals surface area contributed by atoms with Gasteiger partial charge in [0, 0.05) is 5.56 Å². The number of allylic oxidation sites excluding steroid dienone is 2. The van der Waals surface area contributed by atoms with Crippen LogP contribution in [0.25, 0.3) is 0 Å². The Bertz CT molecular complexity index is 326. The number of hydrogen-bond donors (Lipinski definition) is 0. The van der Waals surface area contributed by atoms with Gasteiger partial charge < -0.3 is 4.74 Å². The SMILES string of the molecule is CCOc1cccc2c1CC=CC2. The summed E-state index contributed by atoms with van der Waals surface area (Å²) in [5.41, 5.74) is 2.78. The van der Waals surface area contributed by atoms with Gasteiger partial charge in [0.2, 0.25) is 0 Å². The van der Waals surface area contributed by atoms with Crippen molar-refractivity contribution in [2.45, 2.75) is 19.8 Å². The van der Waals surface area contributed by atoms with Crippen molar-refractivity contribution in [2.24, 2.45) is 0 Å². The molecule has 1 nitrogen and oxygen atoms in total. The third-order valence-electron chi connectivity index (χ3n) is 2.36. The second-order valence-corrected chi connectivity index (χ2v) is 3.21. The summed E-state index contributed by atoms with van der Waals surface area (Å²) in [6.45, 7) is 2.78. The molecule has 0 saturated carbocycles. The van der Waals surface area contributed by atoms with Gasteiger partial charge in [0.05, 0.1) is 6.61 Å². The highest BCUT2D eigenvalue weighted by molar-refractivity contribution is 5.44. The second kappa shape index (κ2) is 3.65. The van der Waals surface area contributed by atoms with E-state index in [-0.39, 0.29) is 0 Å². The third kappa shape index (κ3) is 1.59. The smallest absolute Gasteiger partial charge is 0.123 e. The molecule has 2 rings (SSSR count). The number of hydrogen-bond acceptors (Lipinski definition) is 1. The molecular formula is C12H14O. The molecule has 0 N–H and O–H groups in total. The zero-order valence-electron chi connectivity index (χ0n) is 7.92. The maximum atomic E-state index is 5.57. The second-order valence-electron chi connectivity index (χ2n) is 3.21. The van der Waals surface area contributed by atoms with E-state index < -0.39 is 0 Å². The summed E-state index contributed by atoms with van der Waals surface area (Å²) in [4.78, 5) is 0. The molecule has 0 spiro atoms. The quantitative estimate of drug-likeness (QED) is 0.626. The van der Waals surface area contributed by atoms with E-state index in [0.717, 1.165) is 25.2 Å². The van der Waals surface area contributed by atoms with Gasteiger partial charge in [0.15, 0.2) is 0 Å². The fraction of sp³-hybridized carbons (Fsp3) is 0.333. The van der Waals surface area contributed by atoms with Crippen LogP contribution in [0, 0.1) is 0 Å². The van der Waals surface area contributed by atoms with Crippen molar-refractivity contribution in [3.8, 4) is 5.75 Å². The molecule has 1 aromatic carbocycles. The van der Waals surface area contributed by atoms with Crippen LogP contribution < -0.4 is 4.74 Å². The van der Waals surface area contributed by atoms with Gasteiger partial charge in [-0.1, -0.05) is 24.3 Å². The molecule has 1 aliphatic rings. The van der Waals surface area contributed by atoms with Gasteiger partial charge in [-0.2, -0.15) is 0 Å². The van der Waals surface area contributed by atoms with Crippen molar-refractivity contribution in [1.82, 2.24) is 0 Å². The Morgan fingerprint density at radius 3 is 2.92 bits per heavy atom. The van der Waals surface area contributed by atoms with Crippen LogP contribution in [-0.2, 0) is 12.8 Å². The standard InChI is InChI=1S/C12H14O/c1-2-13-12-9-5-7-10-6-3-4-8-11(10)12/h3-5,7,9H,2,6,8H2,1H3. The molecule has 0 amide bonds. The average Bonchev–Trinajstić information content (AvgIpc) is 2.19. The van der Waals surface area contributed by atoms with Crippen molar-refractivity contribution in [2.75, 3.05) is 6.61 Å². The molecule has 0 unspecified atom stereocenters. The Morgan fingerprint density at radius 2 is 2.08 bits per heavy atom. The molecule has 1 aromatic rings. The van der Waals surface area contributed by atoms with Crippen LogP contribution in [0.1, 0.15) is 18.1 Å². The van der Waals surface area contributed by atoms with Crippen molar-refractivity contribution in [3.63, 3.8) is 0 Å². The number of benzene rings is 1. The summed E-state index contributed by atoms with van der Waals surface area (Å²) < 4.78 is 5.57. The van der Waals surface area contributed by atoms with Gasteiger partial charge in [-0.3, -0.25) is 0 Å². The van der Waals surface area contributed by atoms with Crippen LogP contribution in [0.4, 0.5) is 0 Å². The molecule has 0 atom stereocenters. The molecule has 0 fully saturated rings. The van der Waals surface area contributed by atoms with E-state index in [2.05, 4.69) is 30.4 Å². The first-order valence-corrected chi connectivity index (χ1v) is 4.80. The zero-order chi connectivity index (χ0) is 9.10. The molecule has 68 valence electrons. The maximum absolute atomic E-state index is 5.57. The summed E-state index contributed by atoms with van der Waals surface area (Å²) in [6.07, 6.45) is 6.50. The maximum Gasteiger partial charge on any atom is 0.123 e. The Balaban J connectivity index is 2.37. The lowest BCUT2D eigenvalue weighted by Crippen LogP contribution is -2.02. The Labute approximate surface area is 79.0 Å². The Morgan fingerprint density at radius 1 is 1.23 bits per heavy atom. The van der Waals surface area contributed by atoms with E-state index in [0.29, 0.717) is 0 Å². The molecule has 0 heterocycles. The predicted molar refractivity (Wildman–Crippen MR) is 54.2 cm³/mol. The Kier molecular flexibility index (Phi) is 2.35. The number of rotatable bonds is 2. The molecule has 0 radical (unpaired) electrons. The molecular weight excluding hydrogens is 160 g/mol. The van der Waals surface area contributed by atoms with Crippen molar-refractivity contribution in [1.29, 1.82) is 0 Å². The van der Waals surface area contributed by atoms with Crippen LogP contribution >= 0.6 is 0 Å². The summed E-state index contributed by atoms with van der Waals surface area (Å²) in [5.74, 6) is 1.06. The fourth-order valence-electron chi connectivity index (χ4n) is 1.74. The van der Waals surface area contributed by atoms with Gasteiger partial charge in [-0.15, -0.1) is 0 Å². The molecule has 0 aliphatic heterocycles. The normalized spacial score (nSPS) is 13.9. The molecule has 0 bridgehead atoms. The fourth-order valence-corrected chi connectivity index (χ4v) is 1.74. The van der Waals surface area contributed by atoms with E-state index in [1.54, 1.807) is 0 Å². The first-order chi connectivity index (χ1) is 6.42. The van der Waals surface area contributed by atoms with E-state index >= 15 is 0 Å². The van der Waals surface area contributed by atoms with Gasteiger partial charge in [0.1, 0.15) is 5.75 Å². The first kappa shape index (κ1) is 8.36. The summed E-state index contributed by atoms with van der Waals surface area (Å²) in [6, 6.07) is 6.31. The van der Waals surface area contributed by atoms with E-state index in [1.165, 1.54) is 11.1 Å². The molecule has 0 aromatic heterocycles. The van der Waals surface area contributed by atoms with Gasteiger partial charge in [-0.25, -0.2) is 0 Å². The summed E-state index contributed by atoms with van der Waals surface area (Å²) >= 11 is 0. The summed E-state index contributed by atoms with van der Waals surface area (Å²) in [5, 5.41) is 0. The van der Waals surface area contributed by atoms with Crippen LogP contribution in [0.15, 0.2) is 30.4 Å². The lowest BCUT2D eigenvalue weighted by molar-refractivity contribution is 0.336. The minimum atomic E-state index is 0.750. The zero-order valence-corrected chi connectivity index (χ0v) is 7.92. The van der Waals surface area contributed by atoms with Gasteiger partial charge in [-0.05, 0) is 31.4 Å². The minimum Gasteiger partial charge on any atom is -0.494 e. The number of fused-ring (bicyclic) bond motifs is 1. The molecule has 13 heavy (non-hydrogen) atoms. The van der Waals surface area contributed by atoms with Crippen molar-refractivity contribution < 1.29 is 4.74 Å². The molecule has 0 saturated heterocycles. The van der Waals surface area contributed by atoms with Crippen LogP contribution in [-0.4, -0.2) is 6.61 Å².